The van der Waals surface area contributed by atoms with Crippen LogP contribution in [-0.4, -0.2) is 30.5 Å². The third-order valence-corrected chi connectivity index (χ3v) is 5.17. The molecule has 1 N–H and O–H groups in total. The van der Waals surface area contributed by atoms with Crippen LogP contribution in [0.3, 0.4) is 0 Å². The summed E-state index contributed by atoms with van der Waals surface area (Å²) >= 11 is 0. The first kappa shape index (κ1) is 22.4. The van der Waals surface area contributed by atoms with Gasteiger partial charge in [0.05, 0.1) is 23.3 Å². The number of hydrogen-bond acceptors (Lipinski definition) is 5. The number of hydrogen-bond donors (Lipinski definition) is 1. The van der Waals surface area contributed by atoms with Crippen LogP contribution in [0.4, 0.5) is 18.9 Å². The van der Waals surface area contributed by atoms with Crippen LogP contribution < -0.4 is 5.32 Å². The lowest BCUT2D eigenvalue weighted by Crippen LogP contribution is -2.18. The van der Waals surface area contributed by atoms with E-state index in [1.54, 1.807) is 6.07 Å². The fraction of sp³-hybridized carbons (Fsp3) is 0.190. The number of alkyl halides is 3. The van der Waals surface area contributed by atoms with Gasteiger partial charge < -0.3 is 5.32 Å². The van der Waals surface area contributed by atoms with Gasteiger partial charge in [-0.25, -0.2) is 13.4 Å². The van der Waals surface area contributed by atoms with Crippen molar-refractivity contribution >= 4 is 21.4 Å². The van der Waals surface area contributed by atoms with Crippen LogP contribution in [0.2, 0.25) is 0 Å². The summed E-state index contributed by atoms with van der Waals surface area (Å²) in [6.07, 6.45) is -1.04. The predicted octanol–water partition coefficient (Wildman–Crippen LogP) is 4.27. The summed E-state index contributed by atoms with van der Waals surface area (Å²) in [5, 5.41) is 2.58. The highest BCUT2D eigenvalue weighted by Gasteiger charge is 2.34. The van der Waals surface area contributed by atoms with Crippen molar-refractivity contribution in [1.82, 2.24) is 9.97 Å². The summed E-state index contributed by atoms with van der Waals surface area (Å²) in [4.78, 5) is 20.1. The number of aryl methyl sites for hydroxylation is 1. The Morgan fingerprint density at radius 1 is 1.10 bits per heavy atom. The van der Waals surface area contributed by atoms with Crippen LogP contribution in [0.1, 0.15) is 27.3 Å². The second kappa shape index (κ2) is 8.46. The molecule has 1 aromatic carbocycles. The number of halogens is 3. The molecule has 2 aromatic heterocycles. The fourth-order valence-electron chi connectivity index (χ4n) is 3.01. The molecule has 0 bridgehead atoms. The van der Waals surface area contributed by atoms with Gasteiger partial charge in [0.1, 0.15) is 5.69 Å². The highest BCUT2D eigenvalue weighted by Crippen LogP contribution is 2.31. The Morgan fingerprint density at radius 3 is 2.45 bits per heavy atom. The minimum Gasteiger partial charge on any atom is -0.320 e. The number of amides is 1. The summed E-state index contributed by atoms with van der Waals surface area (Å²) in [7, 11) is -3.66. The van der Waals surface area contributed by atoms with E-state index in [0.29, 0.717) is 17.3 Å². The molecule has 0 spiro atoms. The minimum atomic E-state index is -4.84. The zero-order chi connectivity index (χ0) is 22.8. The fourth-order valence-corrected chi connectivity index (χ4v) is 3.69. The topological polar surface area (TPSA) is 89.0 Å². The molecule has 0 unspecified atom stereocenters. The first-order valence-corrected chi connectivity index (χ1v) is 11.1. The van der Waals surface area contributed by atoms with E-state index in [-0.39, 0.29) is 11.3 Å². The third-order valence-electron chi connectivity index (χ3n) is 4.35. The number of aromatic nitrogens is 2. The van der Waals surface area contributed by atoms with E-state index in [2.05, 4.69) is 15.3 Å². The van der Waals surface area contributed by atoms with Crippen molar-refractivity contribution in [3.8, 4) is 11.1 Å². The number of carbonyl (C=O) groups is 1. The van der Waals surface area contributed by atoms with Gasteiger partial charge in [0.15, 0.2) is 9.84 Å². The maximum Gasteiger partial charge on any atom is 0.433 e. The SMILES string of the molecule is Cc1ccccc1-c1ccncc1NC(=O)c1cc(CS(C)(=O)=O)nc(C(F)(F)F)c1. The summed E-state index contributed by atoms with van der Waals surface area (Å²) in [6, 6.07) is 10.7. The summed E-state index contributed by atoms with van der Waals surface area (Å²) < 4.78 is 62.8. The van der Waals surface area contributed by atoms with Gasteiger partial charge in [-0.05, 0) is 36.2 Å². The highest BCUT2D eigenvalue weighted by molar-refractivity contribution is 7.89. The van der Waals surface area contributed by atoms with Crippen LogP contribution in [-0.2, 0) is 21.8 Å². The van der Waals surface area contributed by atoms with E-state index in [1.165, 1.54) is 12.4 Å². The Bertz CT molecular complexity index is 1240. The number of rotatable bonds is 5. The standard InChI is InChI=1S/C21H18F3N3O3S/c1-13-5-3-4-6-16(13)17-7-8-25-11-18(17)27-20(28)14-9-15(12-31(2,29)30)26-19(10-14)21(22,23)24/h3-11H,12H2,1-2H3,(H,27,28). The molecule has 0 atom stereocenters. The Kier molecular flexibility index (Phi) is 6.12. The molecule has 0 radical (unpaired) electrons. The number of benzene rings is 1. The van der Waals surface area contributed by atoms with Crippen molar-refractivity contribution in [3.05, 3.63) is 77.4 Å². The van der Waals surface area contributed by atoms with E-state index in [9.17, 15) is 26.4 Å². The molecule has 2 heterocycles. The molecule has 10 heteroatoms. The number of carbonyl (C=O) groups excluding carboxylic acids is 1. The lowest BCUT2D eigenvalue weighted by Gasteiger charge is -2.14. The second-order valence-corrected chi connectivity index (χ2v) is 9.13. The molecule has 31 heavy (non-hydrogen) atoms. The van der Waals surface area contributed by atoms with Gasteiger partial charge in [-0.15, -0.1) is 0 Å². The van der Waals surface area contributed by atoms with Gasteiger partial charge >= 0.3 is 6.18 Å². The van der Waals surface area contributed by atoms with Gasteiger partial charge in [0.25, 0.3) is 5.91 Å². The Balaban J connectivity index is 2.01. The van der Waals surface area contributed by atoms with E-state index in [4.69, 9.17) is 0 Å². The molecular weight excluding hydrogens is 431 g/mol. The maximum absolute atomic E-state index is 13.2. The van der Waals surface area contributed by atoms with Crippen molar-refractivity contribution in [3.63, 3.8) is 0 Å². The van der Waals surface area contributed by atoms with Gasteiger partial charge in [0.2, 0.25) is 0 Å². The molecule has 0 aliphatic carbocycles. The van der Waals surface area contributed by atoms with Crippen LogP contribution in [0.25, 0.3) is 11.1 Å². The average Bonchev–Trinajstić information content (AvgIpc) is 2.67. The molecule has 1 amide bonds. The molecule has 162 valence electrons. The van der Waals surface area contributed by atoms with E-state index >= 15 is 0 Å². The maximum atomic E-state index is 13.2. The number of nitrogens with zero attached hydrogens (tertiary/aromatic N) is 2. The first-order valence-electron chi connectivity index (χ1n) is 9.01. The van der Waals surface area contributed by atoms with E-state index in [1.807, 2.05) is 31.2 Å². The zero-order valence-electron chi connectivity index (χ0n) is 16.6. The molecule has 3 rings (SSSR count). The molecule has 0 aliphatic heterocycles. The summed E-state index contributed by atoms with van der Waals surface area (Å²) in [5.74, 6) is -1.57. The predicted molar refractivity (Wildman–Crippen MR) is 110 cm³/mol. The molecule has 0 fully saturated rings. The summed E-state index contributed by atoms with van der Waals surface area (Å²) in [6.45, 7) is 1.89. The molecular formula is C21H18F3N3O3S. The monoisotopic (exact) mass is 449 g/mol. The van der Waals surface area contributed by atoms with Crippen molar-refractivity contribution in [2.45, 2.75) is 18.9 Å². The average molecular weight is 449 g/mol. The number of pyridine rings is 2. The molecule has 6 nitrogen and oxygen atoms in total. The smallest absolute Gasteiger partial charge is 0.320 e. The molecule has 0 aliphatic rings. The molecule has 0 saturated heterocycles. The highest BCUT2D eigenvalue weighted by atomic mass is 32.2. The molecule has 3 aromatic rings. The van der Waals surface area contributed by atoms with Crippen LogP contribution in [0.5, 0.6) is 0 Å². The van der Waals surface area contributed by atoms with Crippen molar-refractivity contribution < 1.29 is 26.4 Å². The Hall–Kier alpha value is -3.27. The number of nitrogens with one attached hydrogen (secondary N) is 1. The van der Waals surface area contributed by atoms with Gasteiger partial charge in [-0.1, -0.05) is 24.3 Å². The third kappa shape index (κ3) is 5.66. The van der Waals surface area contributed by atoms with E-state index in [0.717, 1.165) is 23.4 Å². The quantitative estimate of drug-likeness (QED) is 0.629. The van der Waals surface area contributed by atoms with Crippen molar-refractivity contribution in [2.24, 2.45) is 0 Å². The minimum absolute atomic E-state index is 0.303. The molecule has 0 saturated carbocycles. The van der Waals surface area contributed by atoms with Crippen LogP contribution in [0.15, 0.2) is 54.9 Å². The van der Waals surface area contributed by atoms with Crippen LogP contribution >= 0.6 is 0 Å². The van der Waals surface area contributed by atoms with Gasteiger partial charge in [-0.3, -0.25) is 9.78 Å². The first-order chi connectivity index (χ1) is 14.4. The number of sulfone groups is 1. The second-order valence-electron chi connectivity index (χ2n) is 6.99. The Morgan fingerprint density at radius 2 is 1.81 bits per heavy atom. The lowest BCUT2D eigenvalue weighted by molar-refractivity contribution is -0.141. The zero-order valence-corrected chi connectivity index (χ0v) is 17.4. The Labute approximate surface area is 177 Å². The number of anilines is 1. The lowest BCUT2D eigenvalue weighted by atomic mass is 10.0. The van der Waals surface area contributed by atoms with Crippen LogP contribution in [0, 0.1) is 6.92 Å². The summed E-state index contributed by atoms with van der Waals surface area (Å²) in [5.41, 5.74) is 0.629. The largest absolute Gasteiger partial charge is 0.433 e. The van der Waals surface area contributed by atoms with Crippen molar-refractivity contribution in [2.75, 3.05) is 11.6 Å². The van der Waals surface area contributed by atoms with Gasteiger partial charge in [-0.2, -0.15) is 13.2 Å². The van der Waals surface area contributed by atoms with E-state index < -0.39 is 33.4 Å². The normalized spacial score (nSPS) is 11.9. The van der Waals surface area contributed by atoms with Gasteiger partial charge in [0, 0.05) is 23.6 Å². The van der Waals surface area contributed by atoms with Crippen molar-refractivity contribution in [1.29, 1.82) is 0 Å².